The molecule has 2 aliphatic rings. The normalized spacial score (nSPS) is 14.4. The van der Waals surface area contributed by atoms with Crippen molar-refractivity contribution in [2.24, 2.45) is 0 Å². The molecule has 0 radical (unpaired) electrons. The molecule has 0 unspecified atom stereocenters. The highest BCUT2D eigenvalue weighted by molar-refractivity contribution is 6.18. The fraction of sp³-hybridized carbons (Fsp3) is 0.105. The Morgan fingerprint density at radius 2 is 0.775 bits per heavy atom. The summed E-state index contributed by atoms with van der Waals surface area (Å²) >= 11 is 0. The molecule has 2 nitrogen and oxygen atoms in total. The first-order chi connectivity index (χ1) is 19.9. The lowest BCUT2D eigenvalue weighted by Gasteiger charge is -2.22. The lowest BCUT2D eigenvalue weighted by molar-refractivity contribution is 0.922. The second-order valence-corrected chi connectivity index (χ2v) is 11.1. The molecule has 2 heterocycles. The van der Waals surface area contributed by atoms with Gasteiger partial charge in [-0.1, -0.05) is 97.1 Å². The van der Waals surface area contributed by atoms with Gasteiger partial charge < -0.3 is 9.13 Å². The Hall–Kier alpha value is -4.82. The molecule has 0 N–H and O–H groups in total. The van der Waals surface area contributed by atoms with Crippen LogP contribution in [0.4, 0.5) is 0 Å². The van der Waals surface area contributed by atoms with Gasteiger partial charge in [0.15, 0.2) is 0 Å². The summed E-state index contributed by atoms with van der Waals surface area (Å²) < 4.78 is 5.08. The summed E-state index contributed by atoms with van der Waals surface area (Å²) in [6, 6.07) is 35.7. The van der Waals surface area contributed by atoms with E-state index in [4.69, 9.17) is 0 Å². The van der Waals surface area contributed by atoms with Gasteiger partial charge in [0.05, 0.1) is 22.4 Å². The largest absolute Gasteiger partial charge is 0.309 e. The first kappa shape index (κ1) is 22.0. The Balaban J connectivity index is 1.50. The molecule has 0 saturated heterocycles. The number of allylic oxidation sites excluding steroid dienone is 2. The van der Waals surface area contributed by atoms with Gasteiger partial charge in [0.25, 0.3) is 0 Å². The quantitative estimate of drug-likeness (QED) is 0.204. The number of rotatable bonds is 2. The van der Waals surface area contributed by atoms with Crippen LogP contribution in [-0.2, 0) is 12.8 Å². The second-order valence-electron chi connectivity index (χ2n) is 11.1. The molecular formula is C38H28N2. The van der Waals surface area contributed by atoms with Crippen molar-refractivity contribution < 1.29 is 0 Å². The molecule has 2 aliphatic carbocycles. The second kappa shape index (κ2) is 8.34. The van der Waals surface area contributed by atoms with E-state index in [0.717, 1.165) is 25.7 Å². The van der Waals surface area contributed by atoms with Gasteiger partial charge in [-0.15, -0.1) is 0 Å². The molecule has 40 heavy (non-hydrogen) atoms. The van der Waals surface area contributed by atoms with E-state index in [1.54, 1.807) is 11.1 Å². The van der Waals surface area contributed by atoms with Crippen molar-refractivity contribution in [1.29, 1.82) is 0 Å². The molecule has 0 bridgehead atoms. The minimum absolute atomic E-state index is 1.13. The zero-order chi connectivity index (χ0) is 26.2. The Morgan fingerprint density at radius 1 is 0.400 bits per heavy atom. The number of hydrogen-bond acceptors (Lipinski definition) is 0. The van der Waals surface area contributed by atoms with Gasteiger partial charge in [0.1, 0.15) is 0 Å². The molecule has 0 fully saturated rings. The van der Waals surface area contributed by atoms with E-state index in [-0.39, 0.29) is 0 Å². The van der Waals surface area contributed by atoms with E-state index < -0.39 is 0 Å². The van der Waals surface area contributed by atoms with E-state index >= 15 is 0 Å². The van der Waals surface area contributed by atoms with Crippen molar-refractivity contribution in [1.82, 2.24) is 9.13 Å². The number of hydrogen-bond donors (Lipinski definition) is 0. The molecule has 190 valence electrons. The summed E-state index contributed by atoms with van der Waals surface area (Å²) in [5, 5.41) is 7.71. The monoisotopic (exact) mass is 512 g/mol. The fourth-order valence-corrected chi connectivity index (χ4v) is 7.43. The van der Waals surface area contributed by atoms with E-state index in [1.165, 1.54) is 66.1 Å². The molecular weight excluding hydrogens is 484 g/mol. The summed E-state index contributed by atoms with van der Waals surface area (Å²) in [5.74, 6) is 0. The van der Waals surface area contributed by atoms with Gasteiger partial charge in [0, 0.05) is 43.7 Å². The molecule has 9 rings (SSSR count). The number of nitrogens with zero attached hydrogens (tertiary/aromatic N) is 2. The third-order valence-electron chi connectivity index (χ3n) is 9.04. The number of fused-ring (bicyclic) bond motifs is 8. The highest BCUT2D eigenvalue weighted by Crippen LogP contribution is 2.44. The summed E-state index contributed by atoms with van der Waals surface area (Å²) in [5.41, 5.74) is 10.9. The van der Waals surface area contributed by atoms with Crippen LogP contribution in [0.2, 0.25) is 0 Å². The molecule has 7 aromatic rings. The van der Waals surface area contributed by atoms with E-state index in [0.29, 0.717) is 0 Å². The highest BCUT2D eigenvalue weighted by atomic mass is 15.0. The van der Waals surface area contributed by atoms with Gasteiger partial charge in [-0.3, -0.25) is 0 Å². The minimum Gasteiger partial charge on any atom is -0.309 e. The topological polar surface area (TPSA) is 9.86 Å². The van der Waals surface area contributed by atoms with Crippen molar-refractivity contribution >= 4 is 55.5 Å². The molecule has 0 amide bonds. The van der Waals surface area contributed by atoms with Gasteiger partial charge >= 0.3 is 0 Å². The van der Waals surface area contributed by atoms with Crippen molar-refractivity contribution in [3.63, 3.8) is 0 Å². The number of benzene rings is 5. The number of para-hydroxylation sites is 2. The SMILES string of the molecule is C1=Cc2c(c3c(n2-c2c4ccccc4c(-n4c5ccccc5c5ccccc54)c4ccccc24)C=CCC3)CC1. The third kappa shape index (κ3) is 2.88. The Bertz CT molecular complexity index is 2070. The fourth-order valence-electron chi connectivity index (χ4n) is 7.43. The maximum Gasteiger partial charge on any atom is 0.0620 e. The molecule has 0 aliphatic heterocycles. The van der Waals surface area contributed by atoms with Crippen LogP contribution < -0.4 is 0 Å². The third-order valence-corrected chi connectivity index (χ3v) is 9.04. The van der Waals surface area contributed by atoms with E-state index in [1.807, 2.05) is 0 Å². The smallest absolute Gasteiger partial charge is 0.0620 e. The Labute approximate surface area is 233 Å². The molecule has 0 saturated carbocycles. The first-order valence-corrected chi connectivity index (χ1v) is 14.4. The predicted octanol–water partition coefficient (Wildman–Crippen LogP) is 9.80. The molecule has 0 spiro atoms. The lowest BCUT2D eigenvalue weighted by Crippen LogP contribution is -2.06. The molecule has 0 atom stereocenters. The summed E-state index contributed by atoms with van der Waals surface area (Å²) in [6.07, 6.45) is 14.0. The van der Waals surface area contributed by atoms with Crippen molar-refractivity contribution in [2.75, 3.05) is 0 Å². The molecule has 2 aromatic heterocycles. The summed E-state index contributed by atoms with van der Waals surface area (Å²) in [7, 11) is 0. The van der Waals surface area contributed by atoms with Crippen molar-refractivity contribution in [3.8, 4) is 11.4 Å². The van der Waals surface area contributed by atoms with Crippen molar-refractivity contribution in [2.45, 2.75) is 25.7 Å². The average molecular weight is 513 g/mol. The maximum absolute atomic E-state index is 2.58. The van der Waals surface area contributed by atoms with Gasteiger partial charge in [-0.05, 0) is 61.1 Å². The van der Waals surface area contributed by atoms with E-state index in [9.17, 15) is 0 Å². The zero-order valence-electron chi connectivity index (χ0n) is 22.3. The number of aromatic nitrogens is 2. The lowest BCUT2D eigenvalue weighted by atomic mass is 9.94. The van der Waals surface area contributed by atoms with Crippen LogP contribution >= 0.6 is 0 Å². The zero-order valence-corrected chi connectivity index (χ0v) is 22.3. The Kier molecular flexibility index (Phi) is 4.59. The van der Waals surface area contributed by atoms with Gasteiger partial charge in [0.2, 0.25) is 0 Å². The van der Waals surface area contributed by atoms with Gasteiger partial charge in [-0.25, -0.2) is 0 Å². The summed E-state index contributed by atoms with van der Waals surface area (Å²) in [6.45, 7) is 0. The van der Waals surface area contributed by atoms with Crippen molar-refractivity contribution in [3.05, 3.63) is 132 Å². The van der Waals surface area contributed by atoms with Crippen LogP contribution in [-0.4, -0.2) is 9.13 Å². The molecule has 2 heteroatoms. The predicted molar refractivity (Wildman–Crippen MR) is 170 cm³/mol. The summed E-state index contributed by atoms with van der Waals surface area (Å²) in [4.78, 5) is 0. The van der Waals surface area contributed by atoms with E-state index in [2.05, 4.69) is 131 Å². The van der Waals surface area contributed by atoms with Gasteiger partial charge in [-0.2, -0.15) is 0 Å². The van der Waals surface area contributed by atoms with Crippen LogP contribution in [0.5, 0.6) is 0 Å². The Morgan fingerprint density at radius 3 is 1.23 bits per heavy atom. The van der Waals surface area contributed by atoms with Crippen LogP contribution in [0.25, 0.3) is 66.9 Å². The molecule has 5 aromatic carbocycles. The van der Waals surface area contributed by atoms with Crippen LogP contribution in [0.1, 0.15) is 35.4 Å². The van der Waals surface area contributed by atoms with Crippen LogP contribution in [0.3, 0.4) is 0 Å². The maximum atomic E-state index is 2.58. The van der Waals surface area contributed by atoms with Crippen LogP contribution in [0, 0.1) is 0 Å². The van der Waals surface area contributed by atoms with Crippen LogP contribution in [0.15, 0.2) is 109 Å². The minimum atomic E-state index is 1.13. The standard InChI is InChI=1S/C38H28N2/c1-2-18-30-29(17-1)37(39-33-21-9-5-13-25(33)26-14-6-10-22-34(26)39)31-19-3-4-20-32(31)38(30)40-35-23-11-7-15-27(35)28-16-8-12-24-36(28)40/h1-6,9-14,17-24H,7-8,15-16H2. The highest BCUT2D eigenvalue weighted by Gasteiger charge is 2.27. The average Bonchev–Trinajstić information content (AvgIpc) is 3.53. The first-order valence-electron chi connectivity index (χ1n) is 14.4.